The molecule has 1 heterocycles. The van der Waals surface area contributed by atoms with Crippen molar-refractivity contribution in [1.82, 2.24) is 9.62 Å². The molecule has 2 aromatic rings. The van der Waals surface area contributed by atoms with E-state index in [9.17, 15) is 17.6 Å². The lowest BCUT2D eigenvalue weighted by Crippen LogP contribution is -2.48. The molecule has 3 rings (SSSR count). The molecule has 0 aliphatic carbocycles. The molecule has 7 heteroatoms. The number of hydrogen-bond donors (Lipinski definition) is 1. The van der Waals surface area contributed by atoms with Crippen molar-refractivity contribution >= 4 is 15.9 Å². The number of halogens is 1. The van der Waals surface area contributed by atoms with Crippen LogP contribution in [0.15, 0.2) is 53.4 Å². The molecule has 0 spiro atoms. The van der Waals surface area contributed by atoms with Gasteiger partial charge in [-0.3, -0.25) is 4.79 Å². The molecule has 1 aliphatic heterocycles. The van der Waals surface area contributed by atoms with Crippen molar-refractivity contribution in [3.8, 4) is 0 Å². The van der Waals surface area contributed by atoms with Gasteiger partial charge in [0, 0.05) is 25.0 Å². The highest BCUT2D eigenvalue weighted by atomic mass is 32.2. The maximum Gasteiger partial charge on any atom is 0.243 e. The van der Waals surface area contributed by atoms with E-state index in [0.29, 0.717) is 37.4 Å². The molecule has 29 heavy (non-hydrogen) atoms. The summed E-state index contributed by atoms with van der Waals surface area (Å²) in [6.07, 6.45) is 1.76. The van der Waals surface area contributed by atoms with Gasteiger partial charge >= 0.3 is 0 Å². The lowest BCUT2D eigenvalue weighted by Gasteiger charge is -2.37. The molecule has 0 unspecified atom stereocenters. The maximum atomic E-state index is 13.0. The van der Waals surface area contributed by atoms with Crippen molar-refractivity contribution in [3.63, 3.8) is 0 Å². The Bertz CT molecular complexity index is 949. The van der Waals surface area contributed by atoms with E-state index >= 15 is 0 Å². The summed E-state index contributed by atoms with van der Waals surface area (Å²) in [5.41, 5.74) is 1.28. The van der Waals surface area contributed by atoms with Gasteiger partial charge in [0.15, 0.2) is 0 Å². The summed E-state index contributed by atoms with van der Waals surface area (Å²) in [5, 5.41) is 2.90. The first-order chi connectivity index (χ1) is 13.7. The molecule has 0 bridgehead atoms. The maximum absolute atomic E-state index is 13.0. The van der Waals surface area contributed by atoms with E-state index in [1.54, 1.807) is 24.3 Å². The van der Waals surface area contributed by atoms with Gasteiger partial charge in [-0.1, -0.05) is 38.1 Å². The summed E-state index contributed by atoms with van der Waals surface area (Å²) in [4.78, 5) is 13.0. The van der Waals surface area contributed by atoms with E-state index in [1.807, 2.05) is 26.0 Å². The van der Waals surface area contributed by atoms with Crippen LogP contribution < -0.4 is 5.32 Å². The van der Waals surface area contributed by atoms with E-state index in [1.165, 1.54) is 16.4 Å². The fraction of sp³-hybridized carbons (Fsp3) is 0.409. The van der Waals surface area contributed by atoms with Gasteiger partial charge in [0.1, 0.15) is 5.82 Å². The Morgan fingerprint density at radius 3 is 2.14 bits per heavy atom. The fourth-order valence-corrected chi connectivity index (χ4v) is 4.93. The normalized spacial score (nSPS) is 17.1. The van der Waals surface area contributed by atoms with Crippen LogP contribution in [0.2, 0.25) is 0 Å². The van der Waals surface area contributed by atoms with Crippen LogP contribution in [0.3, 0.4) is 0 Å². The SMILES string of the molecule is CCc1ccc(S(=O)(=O)N2CCC(C)(C(=O)NCc3ccc(F)cc3)CC2)cc1. The first kappa shape index (κ1) is 21.5. The van der Waals surface area contributed by atoms with E-state index in [4.69, 9.17) is 0 Å². The third-order valence-corrected chi connectivity index (χ3v) is 7.62. The van der Waals surface area contributed by atoms with Gasteiger partial charge in [0.05, 0.1) is 4.90 Å². The number of hydrogen-bond acceptors (Lipinski definition) is 3. The largest absolute Gasteiger partial charge is 0.352 e. The predicted molar refractivity (Wildman–Crippen MR) is 110 cm³/mol. The summed E-state index contributed by atoms with van der Waals surface area (Å²) < 4.78 is 40.3. The van der Waals surface area contributed by atoms with E-state index < -0.39 is 15.4 Å². The summed E-state index contributed by atoms with van der Waals surface area (Å²) in [6, 6.07) is 13.0. The first-order valence-electron chi connectivity index (χ1n) is 9.86. The summed E-state index contributed by atoms with van der Waals surface area (Å²) in [7, 11) is -3.56. The number of nitrogens with one attached hydrogen (secondary N) is 1. The zero-order valence-corrected chi connectivity index (χ0v) is 17.6. The number of benzene rings is 2. The molecule has 1 amide bonds. The highest BCUT2D eigenvalue weighted by Gasteiger charge is 2.40. The molecule has 1 aliphatic rings. The Hall–Kier alpha value is -2.25. The number of rotatable bonds is 6. The zero-order valence-electron chi connectivity index (χ0n) is 16.8. The second-order valence-electron chi connectivity index (χ2n) is 7.77. The molecule has 2 aromatic carbocycles. The first-order valence-corrected chi connectivity index (χ1v) is 11.3. The van der Waals surface area contributed by atoms with E-state index in [2.05, 4.69) is 5.32 Å². The van der Waals surface area contributed by atoms with Crippen molar-refractivity contribution in [2.75, 3.05) is 13.1 Å². The topological polar surface area (TPSA) is 66.5 Å². The minimum atomic E-state index is -3.56. The van der Waals surface area contributed by atoms with Crippen molar-refractivity contribution in [2.24, 2.45) is 5.41 Å². The molecule has 1 saturated heterocycles. The van der Waals surface area contributed by atoms with Crippen molar-refractivity contribution < 1.29 is 17.6 Å². The molecule has 0 radical (unpaired) electrons. The standard InChI is InChI=1S/C22H27FN2O3S/c1-3-17-6-10-20(11-7-17)29(27,28)25-14-12-22(2,13-15-25)21(26)24-16-18-4-8-19(23)9-5-18/h4-11H,3,12-16H2,1-2H3,(H,24,26). The van der Waals surface area contributed by atoms with Crippen molar-refractivity contribution in [3.05, 3.63) is 65.5 Å². The van der Waals surface area contributed by atoms with Crippen LogP contribution in [0, 0.1) is 11.2 Å². The monoisotopic (exact) mass is 418 g/mol. The number of piperidine rings is 1. The lowest BCUT2D eigenvalue weighted by molar-refractivity contribution is -0.132. The number of aryl methyl sites for hydroxylation is 1. The molecule has 0 saturated carbocycles. The number of nitrogens with zero attached hydrogens (tertiary/aromatic N) is 1. The molecular formula is C22H27FN2O3S. The van der Waals surface area contributed by atoms with Crippen LogP contribution in [0.5, 0.6) is 0 Å². The third kappa shape index (κ3) is 4.85. The molecule has 156 valence electrons. The minimum Gasteiger partial charge on any atom is -0.352 e. The van der Waals surface area contributed by atoms with Gasteiger partial charge in [-0.15, -0.1) is 0 Å². The lowest BCUT2D eigenvalue weighted by atomic mass is 9.80. The van der Waals surface area contributed by atoms with Crippen LogP contribution in [0.1, 0.15) is 37.8 Å². The van der Waals surface area contributed by atoms with E-state index in [0.717, 1.165) is 17.5 Å². The molecule has 5 nitrogen and oxygen atoms in total. The zero-order chi connectivity index (χ0) is 21.1. The smallest absolute Gasteiger partial charge is 0.243 e. The quantitative estimate of drug-likeness (QED) is 0.781. The van der Waals surface area contributed by atoms with Crippen LogP contribution in [0.4, 0.5) is 4.39 Å². The number of amides is 1. The highest BCUT2D eigenvalue weighted by Crippen LogP contribution is 2.33. The molecule has 0 atom stereocenters. The summed E-state index contributed by atoms with van der Waals surface area (Å²) >= 11 is 0. The Kier molecular flexibility index (Phi) is 6.39. The minimum absolute atomic E-state index is 0.105. The summed E-state index contributed by atoms with van der Waals surface area (Å²) in [5.74, 6) is -0.420. The molecule has 1 fully saturated rings. The molecular weight excluding hydrogens is 391 g/mol. The van der Waals surface area contributed by atoms with Gasteiger partial charge in [0.25, 0.3) is 0 Å². The number of sulfonamides is 1. The van der Waals surface area contributed by atoms with Crippen LogP contribution in [0.25, 0.3) is 0 Å². The van der Waals surface area contributed by atoms with Crippen molar-refractivity contribution in [2.45, 2.75) is 44.6 Å². The fourth-order valence-electron chi connectivity index (χ4n) is 3.49. The third-order valence-electron chi connectivity index (χ3n) is 5.71. The van der Waals surface area contributed by atoms with E-state index in [-0.39, 0.29) is 11.7 Å². The van der Waals surface area contributed by atoms with Gasteiger partial charge in [-0.2, -0.15) is 4.31 Å². The number of carbonyl (C=O) groups is 1. The van der Waals surface area contributed by atoms with Crippen LogP contribution in [-0.2, 0) is 27.8 Å². The van der Waals surface area contributed by atoms with Gasteiger partial charge < -0.3 is 5.32 Å². The Balaban J connectivity index is 1.60. The second kappa shape index (κ2) is 8.63. The van der Waals surface area contributed by atoms with Gasteiger partial charge in [-0.25, -0.2) is 12.8 Å². The summed E-state index contributed by atoms with van der Waals surface area (Å²) in [6.45, 7) is 4.82. The van der Waals surface area contributed by atoms with Crippen molar-refractivity contribution in [1.29, 1.82) is 0 Å². The molecule has 1 N–H and O–H groups in total. The highest BCUT2D eigenvalue weighted by molar-refractivity contribution is 7.89. The van der Waals surface area contributed by atoms with Crippen LogP contribution in [-0.4, -0.2) is 31.7 Å². The Labute approximate surface area is 172 Å². The second-order valence-corrected chi connectivity index (χ2v) is 9.71. The van der Waals surface area contributed by atoms with Gasteiger partial charge in [-0.05, 0) is 54.7 Å². The average Bonchev–Trinajstić information content (AvgIpc) is 2.73. The Morgan fingerprint density at radius 1 is 1.03 bits per heavy atom. The average molecular weight is 419 g/mol. The van der Waals surface area contributed by atoms with Crippen LogP contribution >= 0.6 is 0 Å². The molecule has 0 aromatic heterocycles. The Morgan fingerprint density at radius 2 is 1.59 bits per heavy atom. The number of carbonyl (C=O) groups excluding carboxylic acids is 1. The van der Waals surface area contributed by atoms with Gasteiger partial charge in [0.2, 0.25) is 15.9 Å². The predicted octanol–water partition coefficient (Wildman–Crippen LogP) is 3.50.